The minimum Gasteiger partial charge on any atom is -0.382 e. The molecule has 4 aromatic rings. The van der Waals surface area contributed by atoms with Crippen LogP contribution in [0.25, 0.3) is 16.8 Å². The second-order valence-corrected chi connectivity index (χ2v) is 14.3. The van der Waals surface area contributed by atoms with Crippen LogP contribution in [0.1, 0.15) is 19.8 Å². The van der Waals surface area contributed by atoms with Crippen molar-refractivity contribution in [1.82, 2.24) is 18.3 Å². The first-order valence-corrected chi connectivity index (χ1v) is 15.8. The number of hydrogen-bond acceptors (Lipinski definition) is 8. The molecule has 5 rings (SSSR count). The summed E-state index contributed by atoms with van der Waals surface area (Å²) in [7, 11) is -5.34. The molecule has 13 heteroatoms. The van der Waals surface area contributed by atoms with Gasteiger partial charge in [-0.15, -0.1) is 11.3 Å². The van der Waals surface area contributed by atoms with E-state index in [2.05, 4.69) is 10.3 Å². The number of thiophene rings is 1. The maximum atomic E-state index is 12.9. The number of imidazole rings is 1. The fourth-order valence-electron chi connectivity index (χ4n) is 4.55. The van der Waals surface area contributed by atoms with Crippen LogP contribution in [0.15, 0.2) is 68.3 Å². The molecule has 0 spiro atoms. The van der Waals surface area contributed by atoms with Crippen molar-refractivity contribution >= 4 is 42.4 Å². The van der Waals surface area contributed by atoms with Crippen LogP contribution in [0.5, 0.6) is 0 Å². The zero-order valence-corrected chi connectivity index (χ0v) is 22.8. The Bertz CT molecular complexity index is 1720. The van der Waals surface area contributed by atoms with Gasteiger partial charge in [-0.05, 0) is 42.5 Å². The lowest BCUT2D eigenvalue weighted by molar-refractivity contribution is 0.330. The quantitative estimate of drug-likeness (QED) is 0.368. The number of sulfonamides is 1. The van der Waals surface area contributed by atoms with E-state index in [9.17, 15) is 21.6 Å². The van der Waals surface area contributed by atoms with Crippen LogP contribution in [-0.4, -0.2) is 60.0 Å². The predicted molar refractivity (Wildman–Crippen MR) is 143 cm³/mol. The third-order valence-electron chi connectivity index (χ3n) is 6.66. The second-order valence-electron chi connectivity index (χ2n) is 8.94. The zero-order chi connectivity index (χ0) is 26.4. The Morgan fingerprint density at radius 1 is 1.14 bits per heavy atom. The van der Waals surface area contributed by atoms with Crippen LogP contribution in [0.2, 0.25) is 0 Å². The molecule has 0 aliphatic carbocycles. The molecule has 0 bridgehead atoms. The van der Waals surface area contributed by atoms with Gasteiger partial charge in [0.2, 0.25) is 0 Å². The molecular weight excluding hydrogens is 534 g/mol. The summed E-state index contributed by atoms with van der Waals surface area (Å²) in [6.45, 7) is 2.35. The Kier molecular flexibility index (Phi) is 6.73. The molecule has 1 aromatic carbocycles. The van der Waals surface area contributed by atoms with Crippen LogP contribution >= 0.6 is 11.3 Å². The van der Waals surface area contributed by atoms with Crippen LogP contribution in [0.4, 0.5) is 5.69 Å². The van der Waals surface area contributed by atoms with Crippen molar-refractivity contribution in [2.24, 2.45) is 7.05 Å². The molecule has 196 valence electrons. The van der Waals surface area contributed by atoms with Gasteiger partial charge in [0.05, 0.1) is 28.9 Å². The molecule has 0 atom stereocenters. The van der Waals surface area contributed by atoms with Gasteiger partial charge in [-0.25, -0.2) is 21.8 Å². The minimum atomic E-state index is -3.50. The number of anilines is 1. The van der Waals surface area contributed by atoms with Crippen molar-refractivity contribution in [3.63, 3.8) is 0 Å². The first kappa shape index (κ1) is 25.6. The summed E-state index contributed by atoms with van der Waals surface area (Å²) in [5.74, 6) is -0.0375. The van der Waals surface area contributed by atoms with E-state index in [-0.39, 0.29) is 22.2 Å². The maximum absolute atomic E-state index is 12.9. The van der Waals surface area contributed by atoms with E-state index in [0.717, 1.165) is 0 Å². The van der Waals surface area contributed by atoms with Crippen molar-refractivity contribution in [2.75, 3.05) is 24.2 Å². The molecule has 37 heavy (non-hydrogen) atoms. The second kappa shape index (κ2) is 9.71. The van der Waals surface area contributed by atoms with Gasteiger partial charge in [0.25, 0.3) is 15.6 Å². The number of nitrogens with zero attached hydrogens (tertiary/aromatic N) is 4. The number of hydrogen-bond donors (Lipinski definition) is 1. The van der Waals surface area contributed by atoms with E-state index in [1.54, 1.807) is 60.3 Å². The molecule has 0 saturated carbocycles. The average Bonchev–Trinajstić information content (AvgIpc) is 3.60. The first-order valence-electron chi connectivity index (χ1n) is 11.8. The van der Waals surface area contributed by atoms with Gasteiger partial charge in [0.1, 0.15) is 9.73 Å². The van der Waals surface area contributed by atoms with Gasteiger partial charge in [-0.2, -0.15) is 4.31 Å². The molecule has 0 unspecified atom stereocenters. The number of sulfone groups is 1. The van der Waals surface area contributed by atoms with Crippen LogP contribution < -0.4 is 10.9 Å². The molecule has 1 aliphatic heterocycles. The lowest BCUT2D eigenvalue weighted by atomic mass is 10.0. The Morgan fingerprint density at radius 2 is 1.89 bits per heavy atom. The number of aryl methyl sites for hydroxylation is 1. The number of piperidine rings is 1. The summed E-state index contributed by atoms with van der Waals surface area (Å²) in [6.07, 6.45) is 5.86. The predicted octanol–water partition coefficient (Wildman–Crippen LogP) is 2.82. The van der Waals surface area contributed by atoms with Gasteiger partial charge in [-0.3, -0.25) is 9.20 Å². The first-order chi connectivity index (χ1) is 17.6. The Labute approximate surface area is 219 Å². The van der Waals surface area contributed by atoms with Crippen LogP contribution in [0, 0.1) is 0 Å². The Balaban J connectivity index is 1.49. The molecule has 3 aromatic heterocycles. The third-order valence-corrected chi connectivity index (χ3v) is 11.7. The summed E-state index contributed by atoms with van der Waals surface area (Å²) >= 11 is 1.21. The highest BCUT2D eigenvalue weighted by Gasteiger charge is 2.30. The van der Waals surface area contributed by atoms with E-state index in [4.69, 9.17) is 0 Å². The van der Waals surface area contributed by atoms with Gasteiger partial charge < -0.3 is 9.88 Å². The zero-order valence-electron chi connectivity index (χ0n) is 20.4. The monoisotopic (exact) mass is 561 g/mol. The van der Waals surface area contributed by atoms with Gasteiger partial charge in [0.15, 0.2) is 9.84 Å². The molecule has 1 fully saturated rings. The number of rotatable bonds is 7. The Morgan fingerprint density at radius 3 is 2.57 bits per heavy atom. The van der Waals surface area contributed by atoms with Crippen molar-refractivity contribution < 1.29 is 16.8 Å². The molecule has 1 N–H and O–H groups in total. The summed E-state index contributed by atoms with van der Waals surface area (Å²) in [5, 5.41) is 5.26. The molecule has 1 saturated heterocycles. The largest absolute Gasteiger partial charge is 0.382 e. The molecule has 1 aliphatic rings. The van der Waals surface area contributed by atoms with E-state index in [1.165, 1.54) is 32.7 Å². The van der Waals surface area contributed by atoms with Crippen molar-refractivity contribution in [2.45, 2.75) is 34.9 Å². The van der Waals surface area contributed by atoms with Crippen molar-refractivity contribution in [3.05, 3.63) is 64.8 Å². The third kappa shape index (κ3) is 4.72. The van der Waals surface area contributed by atoms with Gasteiger partial charge >= 0.3 is 0 Å². The SMILES string of the molecule is CCS(=O)(=O)c1ccc(NC2CCN(S(=O)(=O)c3cccs3)CC2)c(-c2cn(C)c(=O)c3cncn23)c1. The highest BCUT2D eigenvalue weighted by atomic mass is 32.2. The van der Waals surface area contributed by atoms with Gasteiger partial charge in [-0.1, -0.05) is 13.0 Å². The lowest BCUT2D eigenvalue weighted by Gasteiger charge is -2.32. The van der Waals surface area contributed by atoms with E-state index in [1.807, 2.05) is 0 Å². The van der Waals surface area contributed by atoms with Crippen molar-refractivity contribution in [1.29, 1.82) is 0 Å². The smallest absolute Gasteiger partial charge is 0.276 e. The highest BCUT2D eigenvalue weighted by Crippen LogP contribution is 2.33. The standard InChI is InChI=1S/C24H27N5O5S3/c1-3-36(31,32)18-6-7-20(19(13-18)22-15-27(2)24(30)21-14-25-16-29(21)22)26-17-8-10-28(11-9-17)37(33,34)23-5-4-12-35-23/h4-7,12-17,26H,3,8-11H2,1-2H3. The average molecular weight is 562 g/mol. The molecule has 10 nitrogen and oxygen atoms in total. The maximum Gasteiger partial charge on any atom is 0.276 e. The summed E-state index contributed by atoms with van der Waals surface area (Å²) < 4.78 is 56.1. The van der Waals surface area contributed by atoms with E-state index in [0.29, 0.717) is 52.6 Å². The van der Waals surface area contributed by atoms with E-state index >= 15 is 0 Å². The normalized spacial score (nSPS) is 15.8. The van der Waals surface area contributed by atoms with Crippen LogP contribution in [-0.2, 0) is 26.9 Å². The number of aromatic nitrogens is 3. The fourth-order valence-corrected chi connectivity index (χ4v) is 8.07. The van der Waals surface area contributed by atoms with Crippen molar-refractivity contribution in [3.8, 4) is 11.3 Å². The van der Waals surface area contributed by atoms with Gasteiger partial charge in [0, 0.05) is 43.6 Å². The summed E-state index contributed by atoms with van der Waals surface area (Å²) in [6, 6.07) is 8.26. The molecule has 4 heterocycles. The Hall–Kier alpha value is -3.00. The summed E-state index contributed by atoms with van der Waals surface area (Å²) in [5.41, 5.74) is 2.09. The number of benzene rings is 1. The molecule has 0 amide bonds. The molecular formula is C24H27N5O5S3. The molecule has 0 radical (unpaired) electrons. The van der Waals surface area contributed by atoms with E-state index < -0.39 is 19.9 Å². The number of nitrogens with one attached hydrogen (secondary N) is 1. The lowest BCUT2D eigenvalue weighted by Crippen LogP contribution is -2.42. The summed E-state index contributed by atoms with van der Waals surface area (Å²) in [4.78, 5) is 16.9. The van der Waals surface area contributed by atoms with Crippen LogP contribution in [0.3, 0.4) is 0 Å². The highest BCUT2D eigenvalue weighted by molar-refractivity contribution is 7.91. The fraction of sp³-hybridized carbons (Fsp3) is 0.333. The minimum absolute atomic E-state index is 0.0204. The topological polar surface area (TPSA) is 123 Å². The number of fused-ring (bicyclic) bond motifs is 1.